The SMILES string of the molecule is O=C(NCc1ccn(-c2cc3[nH]c(=O)c(=O)[nH]c3cc2[N+](=O)[O-])c1)c1ccncc1. The van der Waals surface area contributed by atoms with Gasteiger partial charge in [0.2, 0.25) is 0 Å². The Morgan fingerprint density at radius 2 is 1.77 bits per heavy atom. The number of nitrogens with one attached hydrogen (secondary N) is 3. The summed E-state index contributed by atoms with van der Waals surface area (Å²) in [7, 11) is 0. The highest BCUT2D eigenvalue weighted by Gasteiger charge is 2.18. The Morgan fingerprint density at radius 1 is 1.10 bits per heavy atom. The molecule has 4 aromatic rings. The Hall–Kier alpha value is -4.54. The van der Waals surface area contributed by atoms with E-state index in [1.807, 2.05) is 0 Å². The Morgan fingerprint density at radius 3 is 2.43 bits per heavy atom. The third-order valence-electron chi connectivity index (χ3n) is 4.44. The molecule has 1 aromatic carbocycles. The summed E-state index contributed by atoms with van der Waals surface area (Å²) in [5, 5.41) is 14.3. The van der Waals surface area contributed by atoms with E-state index < -0.39 is 16.0 Å². The maximum absolute atomic E-state index is 12.1. The zero-order valence-electron chi connectivity index (χ0n) is 15.3. The summed E-state index contributed by atoms with van der Waals surface area (Å²) in [6.45, 7) is 0.208. The van der Waals surface area contributed by atoms with Crippen molar-refractivity contribution < 1.29 is 9.72 Å². The number of pyridine rings is 1. The predicted molar refractivity (Wildman–Crippen MR) is 107 cm³/mol. The van der Waals surface area contributed by atoms with Crippen molar-refractivity contribution in [3.05, 3.63) is 97.1 Å². The van der Waals surface area contributed by atoms with E-state index in [0.717, 1.165) is 0 Å². The topological polar surface area (TPSA) is 156 Å². The van der Waals surface area contributed by atoms with Crippen molar-refractivity contribution in [2.45, 2.75) is 6.54 Å². The summed E-state index contributed by atoms with van der Waals surface area (Å²) >= 11 is 0. The minimum Gasteiger partial charge on any atom is -0.348 e. The molecule has 0 bridgehead atoms. The quantitative estimate of drug-likeness (QED) is 0.257. The van der Waals surface area contributed by atoms with Crippen LogP contribution >= 0.6 is 0 Å². The zero-order valence-corrected chi connectivity index (χ0v) is 15.3. The average molecular weight is 406 g/mol. The highest BCUT2D eigenvalue weighted by atomic mass is 16.6. The molecule has 0 atom stereocenters. The summed E-state index contributed by atoms with van der Waals surface area (Å²) in [6.07, 6.45) is 6.26. The zero-order chi connectivity index (χ0) is 21.3. The highest BCUT2D eigenvalue weighted by molar-refractivity contribution is 5.93. The average Bonchev–Trinajstić information content (AvgIpc) is 3.21. The van der Waals surface area contributed by atoms with Gasteiger partial charge in [-0.25, -0.2) is 0 Å². The number of carbonyl (C=O) groups is 1. The molecule has 0 fully saturated rings. The molecule has 3 aromatic heterocycles. The second kappa shape index (κ2) is 7.47. The summed E-state index contributed by atoms with van der Waals surface area (Å²) < 4.78 is 1.51. The number of nitro groups is 1. The second-order valence-electron chi connectivity index (χ2n) is 6.40. The van der Waals surface area contributed by atoms with Gasteiger partial charge in [-0.05, 0) is 29.8 Å². The molecule has 0 aliphatic carbocycles. The van der Waals surface area contributed by atoms with Gasteiger partial charge in [0.05, 0.1) is 16.0 Å². The molecule has 0 aliphatic rings. The van der Waals surface area contributed by atoms with E-state index in [1.54, 1.807) is 30.6 Å². The standard InChI is InChI=1S/C19H14N6O5/c26-17(12-1-4-20-5-2-12)21-9-11-3-6-24(10-11)15-7-13-14(8-16(15)25(29)30)23-19(28)18(27)22-13/h1-8,10H,9H2,(H,21,26)(H,22,27)(H,23,28). The number of hydrogen-bond acceptors (Lipinski definition) is 6. The lowest BCUT2D eigenvalue weighted by atomic mass is 10.2. The Labute approximate surface area is 167 Å². The predicted octanol–water partition coefficient (Wildman–Crippen LogP) is 1.24. The first kappa shape index (κ1) is 18.8. The number of aromatic amines is 2. The lowest BCUT2D eigenvalue weighted by Crippen LogP contribution is -2.29. The molecule has 1 amide bonds. The first-order valence-electron chi connectivity index (χ1n) is 8.72. The van der Waals surface area contributed by atoms with Crippen LogP contribution in [0.2, 0.25) is 0 Å². The number of nitrogens with zero attached hydrogens (tertiary/aromatic N) is 3. The fourth-order valence-corrected chi connectivity index (χ4v) is 2.98. The van der Waals surface area contributed by atoms with E-state index in [0.29, 0.717) is 11.1 Å². The van der Waals surface area contributed by atoms with Crippen LogP contribution in [0.5, 0.6) is 0 Å². The number of H-pyrrole nitrogens is 2. The van der Waals surface area contributed by atoms with E-state index in [-0.39, 0.29) is 34.9 Å². The normalized spacial score (nSPS) is 10.8. The van der Waals surface area contributed by atoms with Gasteiger partial charge < -0.3 is 19.9 Å². The number of fused-ring (bicyclic) bond motifs is 1. The number of rotatable bonds is 5. The molecule has 0 aliphatic heterocycles. The van der Waals surface area contributed by atoms with Gasteiger partial charge in [0.15, 0.2) is 0 Å². The van der Waals surface area contributed by atoms with Crippen LogP contribution in [-0.4, -0.2) is 30.3 Å². The van der Waals surface area contributed by atoms with Crippen LogP contribution in [0.4, 0.5) is 5.69 Å². The largest absolute Gasteiger partial charge is 0.348 e. The number of carbonyl (C=O) groups excluding carboxylic acids is 1. The summed E-state index contributed by atoms with van der Waals surface area (Å²) in [5.74, 6) is -0.275. The van der Waals surface area contributed by atoms with Gasteiger partial charge in [0.1, 0.15) is 5.69 Å². The number of amides is 1. The maximum Gasteiger partial charge on any atom is 0.314 e. The van der Waals surface area contributed by atoms with E-state index in [4.69, 9.17) is 0 Å². The fourth-order valence-electron chi connectivity index (χ4n) is 2.98. The van der Waals surface area contributed by atoms with Crippen molar-refractivity contribution in [3.63, 3.8) is 0 Å². The van der Waals surface area contributed by atoms with Crippen molar-refractivity contribution in [1.29, 1.82) is 0 Å². The van der Waals surface area contributed by atoms with Crippen LogP contribution in [0.25, 0.3) is 16.7 Å². The van der Waals surface area contributed by atoms with E-state index in [2.05, 4.69) is 20.3 Å². The van der Waals surface area contributed by atoms with Gasteiger partial charge in [-0.2, -0.15) is 0 Å². The molecular weight excluding hydrogens is 392 g/mol. The van der Waals surface area contributed by atoms with Gasteiger partial charge in [-0.3, -0.25) is 29.5 Å². The molecule has 150 valence electrons. The van der Waals surface area contributed by atoms with Gasteiger partial charge >= 0.3 is 11.1 Å². The molecule has 4 rings (SSSR count). The molecule has 0 saturated heterocycles. The number of nitro benzene ring substituents is 1. The van der Waals surface area contributed by atoms with Gasteiger partial charge in [-0.1, -0.05) is 0 Å². The van der Waals surface area contributed by atoms with Crippen molar-refractivity contribution in [2.75, 3.05) is 0 Å². The first-order valence-corrected chi connectivity index (χ1v) is 8.72. The van der Waals surface area contributed by atoms with Crippen LogP contribution in [0, 0.1) is 10.1 Å². The van der Waals surface area contributed by atoms with Crippen LogP contribution < -0.4 is 16.4 Å². The monoisotopic (exact) mass is 406 g/mol. The minimum atomic E-state index is -0.891. The van der Waals surface area contributed by atoms with E-state index in [1.165, 1.54) is 29.1 Å². The van der Waals surface area contributed by atoms with Gasteiger partial charge in [0, 0.05) is 43.0 Å². The van der Waals surface area contributed by atoms with Crippen LogP contribution in [0.3, 0.4) is 0 Å². The van der Waals surface area contributed by atoms with Crippen molar-refractivity contribution in [3.8, 4) is 5.69 Å². The molecule has 0 spiro atoms. The third-order valence-corrected chi connectivity index (χ3v) is 4.44. The second-order valence-corrected chi connectivity index (χ2v) is 6.40. The molecule has 0 radical (unpaired) electrons. The first-order chi connectivity index (χ1) is 14.4. The number of hydrogen-bond donors (Lipinski definition) is 3. The molecule has 3 N–H and O–H groups in total. The molecule has 11 nitrogen and oxygen atoms in total. The van der Waals surface area contributed by atoms with Crippen molar-refractivity contribution in [2.24, 2.45) is 0 Å². The highest BCUT2D eigenvalue weighted by Crippen LogP contribution is 2.27. The Kier molecular flexibility index (Phi) is 4.68. The van der Waals surface area contributed by atoms with Gasteiger partial charge in [0.25, 0.3) is 11.6 Å². The maximum atomic E-state index is 12.1. The summed E-state index contributed by atoms with van der Waals surface area (Å²) in [6, 6.07) is 7.47. The molecular formula is C19H14N6O5. The van der Waals surface area contributed by atoms with Crippen molar-refractivity contribution >= 4 is 22.6 Å². The summed E-state index contributed by atoms with van der Waals surface area (Å²) in [4.78, 5) is 54.8. The molecule has 11 heteroatoms. The van der Waals surface area contributed by atoms with Crippen LogP contribution in [0.15, 0.2) is 64.7 Å². The van der Waals surface area contributed by atoms with Gasteiger partial charge in [-0.15, -0.1) is 0 Å². The van der Waals surface area contributed by atoms with E-state index in [9.17, 15) is 24.5 Å². The Bertz CT molecular complexity index is 1390. The van der Waals surface area contributed by atoms with Crippen LogP contribution in [-0.2, 0) is 6.54 Å². The lowest BCUT2D eigenvalue weighted by Gasteiger charge is -2.07. The molecule has 30 heavy (non-hydrogen) atoms. The van der Waals surface area contributed by atoms with Crippen LogP contribution in [0.1, 0.15) is 15.9 Å². The lowest BCUT2D eigenvalue weighted by molar-refractivity contribution is -0.384. The third kappa shape index (κ3) is 3.58. The molecule has 0 unspecified atom stereocenters. The minimum absolute atomic E-state index is 0.145. The summed E-state index contributed by atoms with van der Waals surface area (Å²) in [5.41, 5.74) is -0.232. The molecule has 3 heterocycles. The smallest absolute Gasteiger partial charge is 0.314 e. The Balaban J connectivity index is 1.65. The van der Waals surface area contributed by atoms with Crippen molar-refractivity contribution in [1.82, 2.24) is 24.8 Å². The number of benzene rings is 1. The fraction of sp³-hybridized carbons (Fsp3) is 0.0526. The number of aromatic nitrogens is 4. The molecule has 0 saturated carbocycles. The van der Waals surface area contributed by atoms with E-state index >= 15 is 0 Å².